The standard InChI is InChI=1S/C24H38N6/c1-6-22-21(23(7-2)29(5)28-22)17-26-24(25-4)27-20-13-15-30(16-14-20)18(3)19-11-9-8-10-12-19/h8-12,18,20H,6-7,13-17H2,1-5H3,(H2,25,26,27). The zero-order valence-electron chi connectivity index (χ0n) is 19.3. The Labute approximate surface area is 181 Å². The summed E-state index contributed by atoms with van der Waals surface area (Å²) in [5.74, 6) is 0.887. The van der Waals surface area contributed by atoms with Crippen molar-refractivity contribution >= 4 is 5.96 Å². The number of aryl methyl sites for hydroxylation is 2. The van der Waals surface area contributed by atoms with Crippen LogP contribution in [-0.2, 0) is 26.4 Å². The van der Waals surface area contributed by atoms with Gasteiger partial charge in [-0.15, -0.1) is 0 Å². The highest BCUT2D eigenvalue weighted by Gasteiger charge is 2.24. The monoisotopic (exact) mass is 410 g/mol. The first-order valence-corrected chi connectivity index (χ1v) is 11.4. The Morgan fingerprint density at radius 3 is 2.47 bits per heavy atom. The Balaban J connectivity index is 1.52. The summed E-state index contributed by atoms with van der Waals surface area (Å²) >= 11 is 0. The van der Waals surface area contributed by atoms with Crippen molar-refractivity contribution in [1.29, 1.82) is 0 Å². The fraction of sp³-hybridized carbons (Fsp3) is 0.583. The number of hydrogen-bond acceptors (Lipinski definition) is 3. The molecular formula is C24H38N6. The molecule has 1 aromatic carbocycles. The summed E-state index contributed by atoms with van der Waals surface area (Å²) in [6.07, 6.45) is 4.20. The molecule has 0 bridgehead atoms. The molecule has 164 valence electrons. The number of piperidine rings is 1. The molecule has 2 aromatic rings. The Hall–Kier alpha value is -2.34. The van der Waals surface area contributed by atoms with Gasteiger partial charge in [0.15, 0.2) is 5.96 Å². The number of aliphatic imine (C=N–C) groups is 1. The van der Waals surface area contributed by atoms with Crippen LogP contribution in [-0.4, -0.2) is 46.8 Å². The van der Waals surface area contributed by atoms with E-state index in [1.807, 2.05) is 18.8 Å². The van der Waals surface area contributed by atoms with E-state index in [1.54, 1.807) is 0 Å². The van der Waals surface area contributed by atoms with Crippen molar-refractivity contribution in [3.8, 4) is 0 Å². The van der Waals surface area contributed by atoms with Crippen molar-refractivity contribution in [1.82, 2.24) is 25.3 Å². The van der Waals surface area contributed by atoms with E-state index in [1.165, 1.54) is 22.5 Å². The number of likely N-dealkylation sites (tertiary alicyclic amines) is 1. The first kappa shape index (κ1) is 22.3. The van der Waals surface area contributed by atoms with Crippen molar-refractivity contribution < 1.29 is 0 Å². The first-order valence-electron chi connectivity index (χ1n) is 11.4. The molecule has 2 heterocycles. The zero-order valence-corrected chi connectivity index (χ0v) is 19.3. The van der Waals surface area contributed by atoms with Gasteiger partial charge in [0.05, 0.1) is 5.69 Å². The summed E-state index contributed by atoms with van der Waals surface area (Å²) in [5, 5.41) is 11.8. The van der Waals surface area contributed by atoms with Crippen LogP contribution in [0.4, 0.5) is 0 Å². The van der Waals surface area contributed by atoms with E-state index >= 15 is 0 Å². The third-order valence-corrected chi connectivity index (χ3v) is 6.38. The highest BCUT2D eigenvalue weighted by Crippen LogP contribution is 2.24. The van der Waals surface area contributed by atoms with Crippen LogP contribution < -0.4 is 10.6 Å². The number of hydrogen-bond donors (Lipinski definition) is 2. The quantitative estimate of drug-likeness (QED) is 0.542. The average molecular weight is 411 g/mol. The largest absolute Gasteiger partial charge is 0.354 e. The Morgan fingerprint density at radius 1 is 1.17 bits per heavy atom. The number of guanidine groups is 1. The lowest BCUT2D eigenvalue weighted by Gasteiger charge is -2.37. The second-order valence-corrected chi connectivity index (χ2v) is 8.17. The number of rotatable bonds is 7. The second-order valence-electron chi connectivity index (χ2n) is 8.17. The van der Waals surface area contributed by atoms with E-state index in [-0.39, 0.29) is 0 Å². The van der Waals surface area contributed by atoms with Crippen molar-refractivity contribution in [2.24, 2.45) is 12.0 Å². The van der Waals surface area contributed by atoms with Crippen molar-refractivity contribution in [3.05, 3.63) is 52.8 Å². The van der Waals surface area contributed by atoms with Gasteiger partial charge in [0.1, 0.15) is 0 Å². The number of nitrogens with one attached hydrogen (secondary N) is 2. The molecule has 0 amide bonds. The molecule has 1 aromatic heterocycles. The fourth-order valence-corrected chi connectivity index (χ4v) is 4.53. The molecule has 6 heteroatoms. The minimum absolute atomic E-state index is 0.459. The topological polar surface area (TPSA) is 57.5 Å². The summed E-state index contributed by atoms with van der Waals surface area (Å²) < 4.78 is 2.02. The molecule has 1 saturated heterocycles. The normalized spacial score (nSPS) is 17.2. The van der Waals surface area contributed by atoms with Crippen LogP contribution in [0.1, 0.15) is 62.2 Å². The maximum absolute atomic E-state index is 4.68. The van der Waals surface area contributed by atoms with Crippen LogP contribution in [0.15, 0.2) is 35.3 Å². The van der Waals surface area contributed by atoms with Crippen LogP contribution in [0.2, 0.25) is 0 Å². The van der Waals surface area contributed by atoms with Crippen molar-refractivity contribution in [3.63, 3.8) is 0 Å². The molecule has 1 unspecified atom stereocenters. The van der Waals surface area contributed by atoms with E-state index in [0.717, 1.165) is 51.3 Å². The maximum atomic E-state index is 4.68. The van der Waals surface area contributed by atoms with Crippen LogP contribution in [0, 0.1) is 0 Å². The summed E-state index contributed by atoms with van der Waals surface area (Å²) in [5.41, 5.74) is 5.20. The smallest absolute Gasteiger partial charge is 0.191 e. The van der Waals surface area contributed by atoms with Crippen LogP contribution >= 0.6 is 0 Å². The lowest BCUT2D eigenvalue weighted by atomic mass is 10.0. The Bertz CT molecular complexity index is 818. The van der Waals surface area contributed by atoms with Crippen molar-refractivity contribution in [2.45, 2.75) is 65.1 Å². The SMILES string of the molecule is CCc1nn(C)c(CC)c1CNC(=NC)NC1CCN(C(C)c2ccccc2)CC1. The summed E-state index contributed by atoms with van der Waals surface area (Å²) in [7, 11) is 3.89. The third kappa shape index (κ3) is 5.22. The molecule has 1 aliphatic heterocycles. The molecule has 30 heavy (non-hydrogen) atoms. The van der Waals surface area contributed by atoms with E-state index in [9.17, 15) is 0 Å². The fourth-order valence-electron chi connectivity index (χ4n) is 4.53. The van der Waals surface area contributed by atoms with E-state index < -0.39 is 0 Å². The van der Waals surface area contributed by atoms with Gasteiger partial charge >= 0.3 is 0 Å². The van der Waals surface area contributed by atoms with Crippen LogP contribution in [0.5, 0.6) is 0 Å². The van der Waals surface area contributed by atoms with Crippen molar-refractivity contribution in [2.75, 3.05) is 20.1 Å². The maximum Gasteiger partial charge on any atom is 0.191 e. The molecule has 0 saturated carbocycles. The first-order chi connectivity index (χ1) is 14.6. The summed E-state index contributed by atoms with van der Waals surface area (Å²) in [4.78, 5) is 7.05. The highest BCUT2D eigenvalue weighted by atomic mass is 15.3. The van der Waals surface area contributed by atoms with Crippen LogP contribution in [0.25, 0.3) is 0 Å². The van der Waals surface area contributed by atoms with Gasteiger partial charge in [-0.1, -0.05) is 44.2 Å². The summed E-state index contributed by atoms with van der Waals surface area (Å²) in [6.45, 7) is 9.65. The van der Waals surface area contributed by atoms with Gasteiger partial charge in [0.25, 0.3) is 0 Å². The zero-order chi connectivity index (χ0) is 21.5. The molecule has 0 radical (unpaired) electrons. The van der Waals surface area contributed by atoms with Gasteiger partial charge in [-0.05, 0) is 38.2 Å². The molecule has 0 spiro atoms. The molecular weight excluding hydrogens is 372 g/mol. The molecule has 1 atom stereocenters. The van der Waals surface area contributed by atoms with Gasteiger partial charge in [0.2, 0.25) is 0 Å². The average Bonchev–Trinajstić information content (AvgIpc) is 3.11. The predicted octanol–water partition coefficient (Wildman–Crippen LogP) is 3.44. The third-order valence-electron chi connectivity index (χ3n) is 6.38. The van der Waals surface area contributed by atoms with E-state index in [0.29, 0.717) is 12.1 Å². The van der Waals surface area contributed by atoms with Gasteiger partial charge in [-0.3, -0.25) is 14.6 Å². The molecule has 1 fully saturated rings. The van der Waals surface area contributed by atoms with Crippen LogP contribution in [0.3, 0.4) is 0 Å². The van der Waals surface area contributed by atoms with Gasteiger partial charge in [-0.25, -0.2) is 0 Å². The minimum atomic E-state index is 0.459. The van der Waals surface area contributed by atoms with Gasteiger partial charge in [-0.2, -0.15) is 5.10 Å². The number of nitrogens with zero attached hydrogens (tertiary/aromatic N) is 4. The lowest BCUT2D eigenvalue weighted by molar-refractivity contribution is 0.158. The molecule has 3 rings (SSSR count). The molecule has 6 nitrogen and oxygen atoms in total. The van der Waals surface area contributed by atoms with Gasteiger partial charge in [0, 0.05) is 57.1 Å². The minimum Gasteiger partial charge on any atom is -0.354 e. The second kappa shape index (κ2) is 10.6. The lowest BCUT2D eigenvalue weighted by Crippen LogP contribution is -2.48. The summed E-state index contributed by atoms with van der Waals surface area (Å²) in [6, 6.07) is 11.7. The molecule has 0 aliphatic carbocycles. The Kier molecular flexibility index (Phi) is 7.91. The number of benzene rings is 1. The predicted molar refractivity (Wildman–Crippen MR) is 125 cm³/mol. The molecule has 2 N–H and O–H groups in total. The van der Waals surface area contributed by atoms with E-state index in [4.69, 9.17) is 0 Å². The van der Waals surface area contributed by atoms with E-state index in [2.05, 4.69) is 76.7 Å². The number of aromatic nitrogens is 2. The van der Waals surface area contributed by atoms with Gasteiger partial charge < -0.3 is 10.6 Å². The highest BCUT2D eigenvalue weighted by molar-refractivity contribution is 5.80. The Morgan fingerprint density at radius 2 is 1.87 bits per heavy atom. The molecule has 1 aliphatic rings.